The van der Waals surface area contributed by atoms with E-state index in [4.69, 9.17) is 24.8 Å². The lowest BCUT2D eigenvalue weighted by atomic mass is 10.0. The number of phosphoric ester groups is 1. The molecule has 2 unspecified atom stereocenters. The molecule has 330 valence electrons. The zero-order chi connectivity index (χ0) is 42.2. The first-order valence-corrected chi connectivity index (χ1v) is 23.3. The minimum absolute atomic E-state index is 0.0872. The maximum Gasteiger partial charge on any atom is 0.472 e. The summed E-state index contributed by atoms with van der Waals surface area (Å²) in [5.41, 5.74) is 5.32. The summed E-state index contributed by atoms with van der Waals surface area (Å²) >= 11 is 0. The lowest BCUT2D eigenvalue weighted by Crippen LogP contribution is -2.34. The molecule has 12 nitrogen and oxygen atoms in total. The fraction of sp³-hybridized carbons (Fsp3) is 0.750. The van der Waals surface area contributed by atoms with Crippen molar-refractivity contribution in [2.24, 2.45) is 5.73 Å². The predicted octanol–water partition coefficient (Wildman–Crippen LogP) is 10.4. The van der Waals surface area contributed by atoms with Crippen molar-refractivity contribution in [2.75, 3.05) is 19.8 Å². The highest BCUT2D eigenvalue weighted by atomic mass is 31.2. The van der Waals surface area contributed by atoms with Gasteiger partial charge in [0.1, 0.15) is 12.6 Å². The zero-order valence-electron chi connectivity index (χ0n) is 35.3. The Balaban J connectivity index is 4.53. The molecule has 0 radical (unpaired) electrons. The second-order valence-corrected chi connectivity index (χ2v) is 16.1. The van der Waals surface area contributed by atoms with Crippen molar-refractivity contribution in [1.29, 1.82) is 0 Å². The topological polar surface area (TPSA) is 192 Å². The maximum atomic E-state index is 12.6. The highest BCUT2D eigenvalue weighted by Gasteiger charge is 2.28. The Morgan fingerprint density at radius 3 is 1.77 bits per heavy atom. The molecule has 0 saturated heterocycles. The van der Waals surface area contributed by atoms with Gasteiger partial charge in [-0.1, -0.05) is 165 Å². The molecule has 0 bridgehead atoms. The second kappa shape index (κ2) is 38.9. The van der Waals surface area contributed by atoms with E-state index < -0.39 is 63.8 Å². The molecule has 0 spiro atoms. The van der Waals surface area contributed by atoms with E-state index in [1.54, 1.807) is 18.2 Å². The van der Waals surface area contributed by atoms with Gasteiger partial charge in [0.15, 0.2) is 6.10 Å². The second-order valence-electron chi connectivity index (χ2n) is 14.7. The number of aliphatic hydroxyl groups is 1. The Hall–Kier alpha value is -2.60. The molecule has 0 heterocycles. The first kappa shape index (κ1) is 54.4. The Morgan fingerprint density at radius 2 is 1.16 bits per heavy atom. The van der Waals surface area contributed by atoms with Crippen molar-refractivity contribution in [1.82, 2.24) is 0 Å². The molecule has 0 aliphatic heterocycles. The number of hydrogen-bond acceptors (Lipinski definition) is 10. The first-order chi connectivity index (χ1) is 27.5. The van der Waals surface area contributed by atoms with E-state index >= 15 is 0 Å². The van der Waals surface area contributed by atoms with E-state index in [-0.39, 0.29) is 12.8 Å². The molecule has 4 atom stereocenters. The molecule has 57 heavy (non-hydrogen) atoms. The van der Waals surface area contributed by atoms with E-state index in [9.17, 15) is 28.9 Å². The van der Waals surface area contributed by atoms with Gasteiger partial charge in [-0.05, 0) is 44.9 Å². The van der Waals surface area contributed by atoms with Crippen molar-refractivity contribution in [2.45, 2.75) is 193 Å². The van der Waals surface area contributed by atoms with Crippen molar-refractivity contribution in [3.8, 4) is 0 Å². The molecule has 0 saturated carbocycles. The van der Waals surface area contributed by atoms with Crippen LogP contribution >= 0.6 is 7.82 Å². The van der Waals surface area contributed by atoms with Crippen LogP contribution in [0, 0.1) is 0 Å². The number of ether oxygens (including phenoxy) is 2. The average Bonchev–Trinajstić information content (AvgIpc) is 3.18. The molecule has 5 N–H and O–H groups in total. The van der Waals surface area contributed by atoms with Gasteiger partial charge in [-0.15, -0.1) is 0 Å². The summed E-state index contributed by atoms with van der Waals surface area (Å²) < 4.78 is 32.6. The highest BCUT2D eigenvalue weighted by molar-refractivity contribution is 7.47. The molecule has 0 amide bonds. The van der Waals surface area contributed by atoms with Crippen LogP contribution in [0.1, 0.15) is 174 Å². The fourth-order valence-electron chi connectivity index (χ4n) is 5.67. The number of aliphatic carboxylic acids is 1. The minimum Gasteiger partial charge on any atom is -0.480 e. The van der Waals surface area contributed by atoms with Gasteiger partial charge in [0.25, 0.3) is 0 Å². The molecule has 13 heteroatoms. The quantitative estimate of drug-likeness (QED) is 0.0150. The number of aliphatic hydroxyl groups excluding tert-OH is 1. The molecule has 0 aromatic heterocycles. The van der Waals surface area contributed by atoms with Crippen molar-refractivity contribution in [3.05, 3.63) is 48.6 Å². The summed E-state index contributed by atoms with van der Waals surface area (Å²) in [5, 5.41) is 19.0. The van der Waals surface area contributed by atoms with Gasteiger partial charge < -0.3 is 30.3 Å². The van der Waals surface area contributed by atoms with E-state index in [0.717, 1.165) is 32.1 Å². The number of carboxylic acids is 1. The molecule has 0 fully saturated rings. The Morgan fingerprint density at radius 1 is 0.632 bits per heavy atom. The smallest absolute Gasteiger partial charge is 0.472 e. The molecular formula is C44H78NO11P. The van der Waals surface area contributed by atoms with Crippen LogP contribution in [0.15, 0.2) is 48.6 Å². The predicted molar refractivity (Wildman–Crippen MR) is 228 cm³/mol. The first-order valence-electron chi connectivity index (χ1n) is 21.8. The fourth-order valence-corrected chi connectivity index (χ4v) is 6.44. The number of carbonyl (C=O) groups is 3. The van der Waals surface area contributed by atoms with Crippen LogP contribution in [0.5, 0.6) is 0 Å². The molecular weight excluding hydrogens is 749 g/mol. The number of allylic oxidation sites excluding steroid dienone is 6. The summed E-state index contributed by atoms with van der Waals surface area (Å²) in [5.74, 6) is -2.52. The monoisotopic (exact) mass is 828 g/mol. The number of carboxylic acid groups (broad SMARTS) is 1. The molecule has 0 aromatic rings. The van der Waals surface area contributed by atoms with E-state index in [2.05, 4.69) is 30.5 Å². The number of hydrogen-bond donors (Lipinski definition) is 4. The normalized spacial score (nSPS) is 14.8. The SMILES string of the molecule is CCCCC/C=C\C/C=C\CC(O)/C=C\C=C\CCCC(=O)OC[C@H](COP(=O)(O)OC[C@H](N)C(=O)O)OC(=O)CCCCCCCCCCCCCCCCC. The van der Waals surface area contributed by atoms with Crippen LogP contribution in [0.3, 0.4) is 0 Å². The van der Waals surface area contributed by atoms with Gasteiger partial charge in [-0.25, -0.2) is 4.57 Å². The Labute approximate surface area is 344 Å². The average molecular weight is 828 g/mol. The number of carbonyl (C=O) groups excluding carboxylic acids is 2. The van der Waals surface area contributed by atoms with Crippen LogP contribution in [0.2, 0.25) is 0 Å². The number of unbranched alkanes of at least 4 members (excludes halogenated alkanes) is 18. The summed E-state index contributed by atoms with van der Waals surface area (Å²) in [7, 11) is -4.75. The standard InChI is InChI=1S/C44H78NO11P/c1-3-5-7-9-11-13-14-15-16-17-18-20-22-26-31-35-43(48)56-40(37-54-57(51,52)55-38-41(45)44(49)50)36-53-42(47)34-30-27-23-25-29-33-39(46)32-28-24-21-19-12-10-8-6-4-2/h12,19,23-25,28-29,33,39-41,46H,3-11,13-18,20-22,26-27,30-32,34-38,45H2,1-2H3,(H,49,50)(H,51,52)/b19-12-,25-23+,28-24-,33-29-/t39?,40-,41+/m1/s1. The number of phosphoric acid groups is 1. The van der Waals surface area contributed by atoms with Crippen LogP contribution in [-0.2, 0) is 37.5 Å². The van der Waals surface area contributed by atoms with E-state index in [0.29, 0.717) is 25.7 Å². The van der Waals surface area contributed by atoms with Gasteiger partial charge in [-0.2, -0.15) is 0 Å². The molecule has 0 aliphatic rings. The molecule has 0 aromatic carbocycles. The van der Waals surface area contributed by atoms with Crippen LogP contribution in [0.25, 0.3) is 0 Å². The number of esters is 2. The van der Waals surface area contributed by atoms with Gasteiger partial charge in [-0.3, -0.25) is 23.4 Å². The third-order valence-corrected chi connectivity index (χ3v) is 10.1. The lowest BCUT2D eigenvalue weighted by Gasteiger charge is -2.20. The van der Waals surface area contributed by atoms with Gasteiger partial charge in [0, 0.05) is 12.8 Å². The van der Waals surface area contributed by atoms with Gasteiger partial charge in [0.05, 0.1) is 19.3 Å². The van der Waals surface area contributed by atoms with Gasteiger partial charge in [0.2, 0.25) is 0 Å². The van der Waals surface area contributed by atoms with Crippen molar-refractivity contribution >= 4 is 25.7 Å². The van der Waals surface area contributed by atoms with E-state index in [1.807, 2.05) is 18.2 Å². The lowest BCUT2D eigenvalue weighted by molar-refractivity contribution is -0.161. The summed E-state index contributed by atoms with van der Waals surface area (Å²) in [4.78, 5) is 45.9. The summed E-state index contributed by atoms with van der Waals surface area (Å²) in [6.07, 6.45) is 39.2. The highest BCUT2D eigenvalue weighted by Crippen LogP contribution is 2.43. The third-order valence-electron chi connectivity index (χ3n) is 9.16. The van der Waals surface area contributed by atoms with E-state index in [1.165, 1.54) is 89.9 Å². The van der Waals surface area contributed by atoms with Crippen LogP contribution < -0.4 is 5.73 Å². The molecule has 0 aliphatic carbocycles. The zero-order valence-corrected chi connectivity index (χ0v) is 36.2. The summed E-state index contributed by atoms with van der Waals surface area (Å²) in [6.45, 7) is 2.63. The number of nitrogens with two attached hydrogens (primary N) is 1. The largest absolute Gasteiger partial charge is 0.480 e. The Bertz CT molecular complexity index is 1170. The molecule has 0 rings (SSSR count). The van der Waals surface area contributed by atoms with Crippen molar-refractivity contribution < 1.29 is 52.6 Å². The van der Waals surface area contributed by atoms with Crippen molar-refractivity contribution in [3.63, 3.8) is 0 Å². The van der Waals surface area contributed by atoms with Gasteiger partial charge >= 0.3 is 25.7 Å². The summed E-state index contributed by atoms with van der Waals surface area (Å²) in [6, 6.07) is -1.54. The number of rotatable bonds is 40. The minimum atomic E-state index is -4.75. The maximum absolute atomic E-state index is 12.6. The van der Waals surface area contributed by atoms with Crippen LogP contribution in [0.4, 0.5) is 0 Å². The third kappa shape index (κ3) is 38.7. The van der Waals surface area contributed by atoms with Crippen LogP contribution in [-0.4, -0.2) is 71.1 Å². The Kier molecular flexibility index (Phi) is 37.1.